The van der Waals surface area contributed by atoms with Crippen molar-refractivity contribution in [2.45, 2.75) is 0 Å². The summed E-state index contributed by atoms with van der Waals surface area (Å²) in [6.45, 7) is 2.75. The number of carbonyl (C=O) groups is 2. The minimum Gasteiger partial charge on any atom is -0.465 e. The molecule has 3 aromatic rings. The Morgan fingerprint density at radius 1 is 1.14 bits per heavy atom. The maximum absolute atomic E-state index is 12.8. The van der Waals surface area contributed by atoms with Crippen molar-refractivity contribution in [2.75, 3.05) is 43.6 Å². The van der Waals surface area contributed by atoms with E-state index in [0.29, 0.717) is 35.2 Å². The zero-order valence-corrected chi connectivity index (χ0v) is 16.6. The van der Waals surface area contributed by atoms with Gasteiger partial charge in [0.05, 0.1) is 31.6 Å². The van der Waals surface area contributed by atoms with Crippen molar-refractivity contribution in [3.8, 4) is 0 Å². The van der Waals surface area contributed by atoms with E-state index < -0.39 is 5.97 Å². The number of H-pyrrole nitrogens is 1. The number of halogens is 1. The zero-order chi connectivity index (χ0) is 20.4. The molecular formula is C21H20ClN3O4. The largest absolute Gasteiger partial charge is 0.465 e. The van der Waals surface area contributed by atoms with Crippen LogP contribution < -0.4 is 10.2 Å². The summed E-state index contributed by atoms with van der Waals surface area (Å²) in [5.41, 5.74) is 2.69. The molecule has 0 atom stereocenters. The summed E-state index contributed by atoms with van der Waals surface area (Å²) in [7, 11) is 1.32. The Bertz CT molecular complexity index is 1070. The third-order valence-corrected chi connectivity index (χ3v) is 5.10. The van der Waals surface area contributed by atoms with Gasteiger partial charge in [-0.2, -0.15) is 0 Å². The average Bonchev–Trinajstić information content (AvgIpc) is 3.17. The van der Waals surface area contributed by atoms with Crippen LogP contribution in [0.1, 0.15) is 20.8 Å². The van der Waals surface area contributed by atoms with Crippen LogP contribution in [0.3, 0.4) is 0 Å². The highest BCUT2D eigenvalue weighted by molar-refractivity contribution is 6.31. The molecule has 8 heteroatoms. The van der Waals surface area contributed by atoms with Gasteiger partial charge < -0.3 is 24.7 Å². The van der Waals surface area contributed by atoms with Crippen LogP contribution in [0.15, 0.2) is 42.5 Å². The van der Waals surface area contributed by atoms with Crippen LogP contribution in [0.4, 0.5) is 11.4 Å². The number of methoxy groups -OCH3 is 1. The molecule has 4 rings (SSSR count). The van der Waals surface area contributed by atoms with Crippen LogP contribution in [-0.4, -0.2) is 50.3 Å². The quantitative estimate of drug-likeness (QED) is 0.637. The number of nitrogens with zero attached hydrogens (tertiary/aromatic N) is 1. The molecule has 0 unspecified atom stereocenters. The molecule has 2 aromatic carbocycles. The monoisotopic (exact) mass is 413 g/mol. The molecule has 0 saturated carbocycles. The maximum atomic E-state index is 12.8. The number of anilines is 2. The highest BCUT2D eigenvalue weighted by Gasteiger charge is 2.19. The summed E-state index contributed by atoms with van der Waals surface area (Å²) in [5.74, 6) is -0.875. The first kappa shape index (κ1) is 19.3. The molecule has 2 N–H and O–H groups in total. The number of hydrogen-bond donors (Lipinski definition) is 2. The van der Waals surface area contributed by atoms with Crippen molar-refractivity contribution in [3.63, 3.8) is 0 Å². The molecule has 29 heavy (non-hydrogen) atoms. The normalized spacial score (nSPS) is 14.1. The number of esters is 1. The van der Waals surface area contributed by atoms with Crippen LogP contribution >= 0.6 is 11.6 Å². The fraction of sp³-hybridized carbons (Fsp3) is 0.238. The second kappa shape index (κ2) is 8.14. The second-order valence-electron chi connectivity index (χ2n) is 6.69. The lowest BCUT2D eigenvalue weighted by atomic mass is 10.1. The molecule has 1 amide bonds. The Morgan fingerprint density at radius 2 is 1.93 bits per heavy atom. The lowest BCUT2D eigenvalue weighted by molar-refractivity contribution is 0.0602. The maximum Gasteiger partial charge on any atom is 0.340 e. The number of aromatic amines is 1. The Morgan fingerprint density at radius 3 is 2.69 bits per heavy atom. The topological polar surface area (TPSA) is 83.7 Å². The fourth-order valence-electron chi connectivity index (χ4n) is 3.35. The Labute approximate surface area is 172 Å². The van der Waals surface area contributed by atoms with E-state index in [4.69, 9.17) is 21.1 Å². The van der Waals surface area contributed by atoms with E-state index in [-0.39, 0.29) is 5.91 Å². The van der Waals surface area contributed by atoms with Gasteiger partial charge >= 0.3 is 5.97 Å². The zero-order valence-electron chi connectivity index (χ0n) is 15.8. The van der Waals surface area contributed by atoms with Gasteiger partial charge in [0.2, 0.25) is 0 Å². The highest BCUT2D eigenvalue weighted by Crippen LogP contribution is 2.26. The van der Waals surface area contributed by atoms with Gasteiger partial charge in [0.1, 0.15) is 5.69 Å². The number of rotatable bonds is 4. The number of ether oxygens (including phenoxy) is 2. The third-order valence-electron chi connectivity index (χ3n) is 4.86. The molecule has 0 bridgehead atoms. The molecule has 2 heterocycles. The minimum atomic E-state index is -0.515. The Balaban J connectivity index is 1.62. The van der Waals surface area contributed by atoms with Crippen molar-refractivity contribution >= 4 is 45.8 Å². The number of carbonyl (C=O) groups excluding carboxylic acids is 2. The Kier molecular flexibility index (Phi) is 5.42. The van der Waals surface area contributed by atoms with Crippen molar-refractivity contribution in [1.29, 1.82) is 0 Å². The van der Waals surface area contributed by atoms with Gasteiger partial charge in [0.15, 0.2) is 0 Å². The SMILES string of the molecule is COC(=O)c1cc(N2CCOCC2)ccc1NC(=O)c1cc2ccc(Cl)cc2[nH]1. The first-order valence-corrected chi connectivity index (χ1v) is 9.57. The van der Waals surface area contributed by atoms with Crippen molar-refractivity contribution in [1.82, 2.24) is 4.98 Å². The van der Waals surface area contributed by atoms with Gasteiger partial charge in [0, 0.05) is 34.7 Å². The number of benzene rings is 2. The van der Waals surface area contributed by atoms with Crippen molar-refractivity contribution in [3.05, 3.63) is 58.7 Å². The summed E-state index contributed by atoms with van der Waals surface area (Å²) < 4.78 is 10.3. The van der Waals surface area contributed by atoms with Crippen molar-refractivity contribution < 1.29 is 19.1 Å². The van der Waals surface area contributed by atoms with E-state index >= 15 is 0 Å². The molecule has 1 saturated heterocycles. The van der Waals surface area contributed by atoms with Crippen LogP contribution in [0, 0.1) is 0 Å². The second-order valence-corrected chi connectivity index (χ2v) is 7.13. The molecule has 0 aliphatic carbocycles. The number of hydrogen-bond acceptors (Lipinski definition) is 5. The van der Waals surface area contributed by atoms with E-state index in [9.17, 15) is 9.59 Å². The van der Waals surface area contributed by atoms with E-state index in [2.05, 4.69) is 15.2 Å². The lowest BCUT2D eigenvalue weighted by Gasteiger charge is -2.29. The molecule has 1 aliphatic heterocycles. The van der Waals surface area contributed by atoms with Crippen LogP contribution in [0.2, 0.25) is 5.02 Å². The van der Waals surface area contributed by atoms with Gasteiger partial charge in [0.25, 0.3) is 5.91 Å². The van der Waals surface area contributed by atoms with Gasteiger partial charge in [-0.05, 0) is 36.4 Å². The summed E-state index contributed by atoms with van der Waals surface area (Å²) in [6, 6.07) is 12.4. The number of morpholine rings is 1. The number of fused-ring (bicyclic) bond motifs is 1. The molecule has 1 aromatic heterocycles. The van der Waals surface area contributed by atoms with Crippen molar-refractivity contribution in [2.24, 2.45) is 0 Å². The number of aromatic nitrogens is 1. The van der Waals surface area contributed by atoms with Crippen LogP contribution in [0.25, 0.3) is 10.9 Å². The van der Waals surface area contributed by atoms with Crippen LogP contribution in [-0.2, 0) is 9.47 Å². The van der Waals surface area contributed by atoms with Gasteiger partial charge in [-0.15, -0.1) is 0 Å². The molecule has 1 aliphatic rings. The van der Waals surface area contributed by atoms with E-state index in [0.717, 1.165) is 29.7 Å². The first-order valence-electron chi connectivity index (χ1n) is 9.20. The van der Waals surface area contributed by atoms with Gasteiger partial charge in [-0.3, -0.25) is 4.79 Å². The predicted octanol–water partition coefficient (Wildman–Crippen LogP) is 3.70. The van der Waals surface area contributed by atoms with Gasteiger partial charge in [-0.25, -0.2) is 4.79 Å². The smallest absolute Gasteiger partial charge is 0.340 e. The number of amides is 1. The van der Waals surface area contributed by atoms with E-state index in [1.54, 1.807) is 30.3 Å². The standard InChI is InChI=1S/C21H20ClN3O4/c1-28-21(27)16-12-15(25-6-8-29-9-7-25)4-5-17(16)24-20(26)19-10-13-2-3-14(22)11-18(13)23-19/h2-5,10-12,23H,6-9H2,1H3,(H,24,26). The summed E-state index contributed by atoms with van der Waals surface area (Å²) >= 11 is 6.00. The minimum absolute atomic E-state index is 0.295. The predicted molar refractivity (Wildman–Crippen MR) is 112 cm³/mol. The highest BCUT2D eigenvalue weighted by atomic mass is 35.5. The molecule has 0 radical (unpaired) electrons. The Hall–Kier alpha value is -3.03. The first-order chi connectivity index (χ1) is 14.0. The molecule has 7 nitrogen and oxygen atoms in total. The summed E-state index contributed by atoms with van der Waals surface area (Å²) in [4.78, 5) is 30.3. The summed E-state index contributed by atoms with van der Waals surface area (Å²) in [5, 5.41) is 4.25. The summed E-state index contributed by atoms with van der Waals surface area (Å²) in [6.07, 6.45) is 0. The third kappa shape index (κ3) is 4.06. The average molecular weight is 414 g/mol. The molecule has 0 spiro atoms. The molecular weight excluding hydrogens is 394 g/mol. The van der Waals surface area contributed by atoms with Crippen LogP contribution in [0.5, 0.6) is 0 Å². The lowest BCUT2D eigenvalue weighted by Crippen LogP contribution is -2.36. The fourth-order valence-corrected chi connectivity index (χ4v) is 3.52. The van der Waals surface area contributed by atoms with E-state index in [1.807, 2.05) is 12.1 Å². The van der Waals surface area contributed by atoms with Gasteiger partial charge in [-0.1, -0.05) is 17.7 Å². The van der Waals surface area contributed by atoms with E-state index in [1.165, 1.54) is 7.11 Å². The molecule has 150 valence electrons. The molecule has 1 fully saturated rings. The number of nitrogens with one attached hydrogen (secondary N) is 2.